The quantitative estimate of drug-likeness (QED) is 0.616. The number of likely N-dealkylation sites (N-methyl/N-ethyl adjacent to an activating group) is 1. The second kappa shape index (κ2) is 7.21. The highest BCUT2D eigenvalue weighted by molar-refractivity contribution is 9.10. The summed E-state index contributed by atoms with van der Waals surface area (Å²) < 4.78 is 3.30. The first-order valence-corrected chi connectivity index (χ1v) is 9.80. The molecule has 0 saturated carbocycles. The first-order chi connectivity index (χ1) is 12.7. The van der Waals surface area contributed by atoms with Gasteiger partial charge in [-0.05, 0) is 67.7 Å². The van der Waals surface area contributed by atoms with E-state index >= 15 is 0 Å². The molecule has 132 valence electrons. The predicted molar refractivity (Wildman–Crippen MR) is 111 cm³/mol. The molecule has 4 nitrogen and oxygen atoms in total. The maximum Gasteiger partial charge on any atom is 0.170 e. The second-order valence-electron chi connectivity index (χ2n) is 6.19. The van der Waals surface area contributed by atoms with E-state index in [-0.39, 0.29) is 12.1 Å². The van der Waals surface area contributed by atoms with Crippen LogP contribution < -0.4 is 5.32 Å². The zero-order chi connectivity index (χ0) is 18.1. The van der Waals surface area contributed by atoms with Crippen molar-refractivity contribution in [2.75, 3.05) is 6.54 Å². The summed E-state index contributed by atoms with van der Waals surface area (Å²) in [6.45, 7) is 2.97. The van der Waals surface area contributed by atoms with Crippen molar-refractivity contribution in [1.82, 2.24) is 19.8 Å². The number of hydrogen-bond acceptors (Lipinski definition) is 2. The monoisotopic (exact) mass is 426 g/mol. The van der Waals surface area contributed by atoms with Crippen LogP contribution in [0.25, 0.3) is 5.69 Å². The highest BCUT2D eigenvalue weighted by atomic mass is 79.9. The van der Waals surface area contributed by atoms with Gasteiger partial charge in [0.25, 0.3) is 0 Å². The molecule has 1 aliphatic heterocycles. The van der Waals surface area contributed by atoms with Gasteiger partial charge in [0.15, 0.2) is 5.11 Å². The molecule has 2 atom stereocenters. The molecule has 3 heterocycles. The molecule has 26 heavy (non-hydrogen) atoms. The first kappa shape index (κ1) is 17.2. The average molecular weight is 427 g/mol. The van der Waals surface area contributed by atoms with E-state index in [1.54, 1.807) is 0 Å². The summed E-state index contributed by atoms with van der Waals surface area (Å²) in [5, 5.41) is 4.25. The number of pyridine rings is 1. The van der Waals surface area contributed by atoms with Crippen LogP contribution in [0.15, 0.2) is 71.5 Å². The molecule has 1 saturated heterocycles. The van der Waals surface area contributed by atoms with Crippen LogP contribution in [0.2, 0.25) is 0 Å². The molecule has 1 aliphatic rings. The molecule has 3 aromatic rings. The Labute approximate surface area is 167 Å². The molecule has 0 unspecified atom stereocenters. The van der Waals surface area contributed by atoms with Gasteiger partial charge in [-0.15, -0.1) is 0 Å². The van der Waals surface area contributed by atoms with Gasteiger partial charge in [-0.1, -0.05) is 22.0 Å². The lowest BCUT2D eigenvalue weighted by molar-refractivity contribution is 0.321. The Balaban J connectivity index is 1.80. The van der Waals surface area contributed by atoms with E-state index in [0.29, 0.717) is 0 Å². The zero-order valence-electron chi connectivity index (χ0n) is 14.3. The number of aromatic nitrogens is 2. The molecule has 1 N–H and O–H groups in total. The lowest BCUT2D eigenvalue weighted by Crippen LogP contribution is -2.30. The van der Waals surface area contributed by atoms with Crippen molar-refractivity contribution in [3.8, 4) is 5.69 Å². The third-order valence-electron chi connectivity index (χ3n) is 4.73. The van der Waals surface area contributed by atoms with Crippen LogP contribution in [-0.4, -0.2) is 26.1 Å². The number of rotatable bonds is 4. The molecule has 1 aromatic carbocycles. The van der Waals surface area contributed by atoms with Crippen molar-refractivity contribution in [2.24, 2.45) is 0 Å². The van der Waals surface area contributed by atoms with Gasteiger partial charge in [-0.2, -0.15) is 0 Å². The number of thiocarbonyl (C=S) groups is 1. The van der Waals surface area contributed by atoms with Gasteiger partial charge in [0.05, 0.1) is 17.8 Å². The molecule has 6 heteroatoms. The fourth-order valence-electron chi connectivity index (χ4n) is 3.54. The number of benzene rings is 1. The van der Waals surface area contributed by atoms with E-state index in [1.807, 2.05) is 18.3 Å². The lowest BCUT2D eigenvalue weighted by Gasteiger charge is -2.28. The minimum atomic E-state index is 0.0211. The molecule has 0 bridgehead atoms. The number of halogens is 1. The van der Waals surface area contributed by atoms with Gasteiger partial charge < -0.3 is 14.8 Å². The topological polar surface area (TPSA) is 33.1 Å². The summed E-state index contributed by atoms with van der Waals surface area (Å²) in [7, 11) is 0. The van der Waals surface area contributed by atoms with E-state index in [9.17, 15) is 0 Å². The van der Waals surface area contributed by atoms with Gasteiger partial charge in [-0.25, -0.2) is 0 Å². The Kier molecular flexibility index (Phi) is 4.78. The molecule has 1 fully saturated rings. The van der Waals surface area contributed by atoms with Crippen LogP contribution in [0.5, 0.6) is 0 Å². The minimum absolute atomic E-state index is 0.0211. The van der Waals surface area contributed by atoms with Crippen LogP contribution in [-0.2, 0) is 0 Å². The summed E-state index contributed by atoms with van der Waals surface area (Å²) in [6.07, 6.45) is 3.93. The summed E-state index contributed by atoms with van der Waals surface area (Å²) in [6, 6.07) is 18.7. The van der Waals surface area contributed by atoms with Gasteiger partial charge in [0, 0.05) is 34.8 Å². The first-order valence-electron chi connectivity index (χ1n) is 8.60. The van der Waals surface area contributed by atoms with Gasteiger partial charge in [0.2, 0.25) is 0 Å². The van der Waals surface area contributed by atoms with Crippen molar-refractivity contribution >= 4 is 33.3 Å². The van der Waals surface area contributed by atoms with Gasteiger partial charge in [-0.3, -0.25) is 4.98 Å². The third-order valence-corrected chi connectivity index (χ3v) is 5.61. The van der Waals surface area contributed by atoms with E-state index < -0.39 is 0 Å². The Morgan fingerprint density at radius 3 is 2.62 bits per heavy atom. The largest absolute Gasteiger partial charge is 0.352 e. The normalized spacial score (nSPS) is 19.6. The molecule has 0 spiro atoms. The highest BCUT2D eigenvalue weighted by Gasteiger charge is 2.40. The summed E-state index contributed by atoms with van der Waals surface area (Å²) in [5.74, 6) is 0. The Morgan fingerprint density at radius 1 is 1.12 bits per heavy atom. The van der Waals surface area contributed by atoms with Crippen LogP contribution in [0.1, 0.15) is 30.4 Å². The molecule has 2 aromatic heterocycles. The van der Waals surface area contributed by atoms with Crippen LogP contribution in [0, 0.1) is 0 Å². The molecule has 0 aliphatic carbocycles. The van der Waals surface area contributed by atoms with E-state index in [4.69, 9.17) is 12.2 Å². The minimum Gasteiger partial charge on any atom is -0.352 e. The Hall–Kier alpha value is -2.18. The molecule has 0 amide bonds. The highest BCUT2D eigenvalue weighted by Crippen LogP contribution is 2.39. The fraction of sp³-hybridized carbons (Fsp3) is 0.200. The molecule has 0 radical (unpaired) electrons. The van der Waals surface area contributed by atoms with Crippen molar-refractivity contribution < 1.29 is 0 Å². The number of nitrogens with one attached hydrogen (secondary N) is 1. The van der Waals surface area contributed by atoms with Crippen molar-refractivity contribution in [3.63, 3.8) is 0 Å². The van der Waals surface area contributed by atoms with Crippen molar-refractivity contribution in [2.45, 2.75) is 19.0 Å². The molecular weight excluding hydrogens is 408 g/mol. The molecular formula is C20H19BrN4S. The zero-order valence-corrected chi connectivity index (χ0v) is 16.7. The standard InChI is InChI=1S/C20H19BrN4S/c1-2-24-19(18(23-20(24)26)16-6-3-4-12-22-16)17-7-5-13-25(17)15-10-8-14(21)9-11-15/h3-13,18-19H,2H2,1H3,(H,23,26)/t18-,19+/m0/s1. The molecule has 4 rings (SSSR count). The predicted octanol–water partition coefficient (Wildman–Crippen LogP) is 4.63. The van der Waals surface area contributed by atoms with E-state index in [2.05, 4.69) is 91.3 Å². The number of nitrogens with zero attached hydrogens (tertiary/aromatic N) is 3. The fourth-order valence-corrected chi connectivity index (χ4v) is 4.17. The van der Waals surface area contributed by atoms with Crippen LogP contribution >= 0.6 is 28.1 Å². The SMILES string of the molecule is CCN1C(=S)N[C@@H](c2ccccn2)[C@H]1c1cccn1-c1ccc(Br)cc1. The number of hydrogen-bond donors (Lipinski definition) is 1. The van der Waals surface area contributed by atoms with Crippen LogP contribution in [0.4, 0.5) is 0 Å². The van der Waals surface area contributed by atoms with Gasteiger partial charge >= 0.3 is 0 Å². The summed E-state index contributed by atoms with van der Waals surface area (Å²) in [4.78, 5) is 6.81. The Bertz CT molecular complexity index is 907. The maximum atomic E-state index is 5.62. The van der Waals surface area contributed by atoms with Crippen molar-refractivity contribution in [1.29, 1.82) is 0 Å². The van der Waals surface area contributed by atoms with Gasteiger partial charge in [0.1, 0.15) is 0 Å². The van der Waals surface area contributed by atoms with Crippen LogP contribution in [0.3, 0.4) is 0 Å². The summed E-state index contributed by atoms with van der Waals surface area (Å²) in [5.41, 5.74) is 3.32. The van der Waals surface area contributed by atoms with E-state index in [1.165, 1.54) is 5.69 Å². The average Bonchev–Trinajstić information content (AvgIpc) is 3.27. The third kappa shape index (κ3) is 3.04. The van der Waals surface area contributed by atoms with Crippen molar-refractivity contribution in [3.05, 3.63) is 82.9 Å². The smallest absolute Gasteiger partial charge is 0.170 e. The maximum absolute atomic E-state index is 5.62. The Morgan fingerprint density at radius 2 is 1.92 bits per heavy atom. The van der Waals surface area contributed by atoms with E-state index in [0.717, 1.165) is 27.5 Å². The second-order valence-corrected chi connectivity index (χ2v) is 7.49. The lowest BCUT2D eigenvalue weighted by atomic mass is 10.0. The summed E-state index contributed by atoms with van der Waals surface area (Å²) >= 11 is 9.13.